The zero-order valence-corrected chi connectivity index (χ0v) is 15.2. The molecule has 2 aromatic rings. The maximum Gasteiger partial charge on any atom is 0.309 e. The van der Waals surface area contributed by atoms with Gasteiger partial charge in [-0.2, -0.15) is 0 Å². The van der Waals surface area contributed by atoms with Crippen LogP contribution >= 0.6 is 11.6 Å². The van der Waals surface area contributed by atoms with Gasteiger partial charge in [0.1, 0.15) is 11.9 Å². The molecular formula is C20H21ClO4. The molecule has 0 aromatic heterocycles. The van der Waals surface area contributed by atoms with Crippen LogP contribution in [0.1, 0.15) is 43.1 Å². The molecule has 4 nitrogen and oxygen atoms in total. The lowest BCUT2D eigenvalue weighted by Gasteiger charge is -2.15. The highest BCUT2D eigenvalue weighted by molar-refractivity contribution is 6.30. The molecule has 0 fully saturated rings. The van der Waals surface area contributed by atoms with Gasteiger partial charge in [0.2, 0.25) is 0 Å². The molecule has 2 rings (SSSR count). The maximum absolute atomic E-state index is 12.4. The third kappa shape index (κ3) is 5.91. The molecule has 0 amide bonds. The molecule has 0 saturated carbocycles. The second-order valence-corrected chi connectivity index (χ2v) is 6.47. The monoisotopic (exact) mass is 360 g/mol. The van der Waals surface area contributed by atoms with E-state index >= 15 is 0 Å². The van der Waals surface area contributed by atoms with Gasteiger partial charge in [-0.05, 0) is 69.3 Å². The molecule has 0 N–H and O–H groups in total. The van der Waals surface area contributed by atoms with E-state index in [2.05, 4.69) is 0 Å². The Morgan fingerprint density at radius 1 is 0.920 bits per heavy atom. The van der Waals surface area contributed by atoms with E-state index in [1.807, 2.05) is 0 Å². The minimum absolute atomic E-state index is 0.0863. The third-order valence-corrected chi connectivity index (χ3v) is 3.63. The van der Waals surface area contributed by atoms with Crippen LogP contribution in [0.25, 0.3) is 0 Å². The molecule has 132 valence electrons. The van der Waals surface area contributed by atoms with E-state index in [-0.39, 0.29) is 30.4 Å². The first-order chi connectivity index (χ1) is 11.8. The first kappa shape index (κ1) is 19.0. The van der Waals surface area contributed by atoms with E-state index in [0.717, 1.165) is 0 Å². The zero-order valence-electron chi connectivity index (χ0n) is 14.5. The Bertz CT molecular complexity index is 720. The fourth-order valence-electron chi connectivity index (χ4n) is 2.27. The lowest BCUT2D eigenvalue weighted by atomic mass is 10.0. The number of halogens is 1. The van der Waals surface area contributed by atoms with Gasteiger partial charge in [0.15, 0.2) is 5.78 Å². The molecule has 1 atom stereocenters. The van der Waals surface area contributed by atoms with E-state index in [4.69, 9.17) is 21.1 Å². The van der Waals surface area contributed by atoms with Gasteiger partial charge in [-0.25, -0.2) is 0 Å². The number of hydrogen-bond donors (Lipinski definition) is 0. The van der Waals surface area contributed by atoms with Crippen molar-refractivity contribution < 1.29 is 19.1 Å². The number of esters is 1. The number of ketones is 1. The number of carbonyl (C=O) groups excluding carboxylic acids is 2. The fourth-order valence-corrected chi connectivity index (χ4v) is 2.40. The van der Waals surface area contributed by atoms with Gasteiger partial charge in [0, 0.05) is 16.1 Å². The predicted octanol–water partition coefficient (Wildman–Crippen LogP) is 4.68. The zero-order chi connectivity index (χ0) is 18.4. The Labute approximate surface area is 152 Å². The molecule has 5 heteroatoms. The van der Waals surface area contributed by atoms with Crippen molar-refractivity contribution in [3.8, 4) is 5.75 Å². The number of carbonyl (C=O) groups is 2. The summed E-state index contributed by atoms with van der Waals surface area (Å²) >= 11 is 5.83. The average molecular weight is 361 g/mol. The van der Waals surface area contributed by atoms with Crippen molar-refractivity contribution in [1.29, 1.82) is 0 Å². The van der Waals surface area contributed by atoms with Crippen LogP contribution in [0.15, 0.2) is 48.5 Å². The summed E-state index contributed by atoms with van der Waals surface area (Å²) in [5, 5.41) is 0.588. The van der Waals surface area contributed by atoms with Crippen LogP contribution in [0.2, 0.25) is 5.02 Å². The summed E-state index contributed by atoms with van der Waals surface area (Å²) < 4.78 is 10.8. The quantitative estimate of drug-likeness (QED) is 0.531. The number of rotatable bonds is 7. The summed E-state index contributed by atoms with van der Waals surface area (Å²) in [6.07, 6.45) is -0.286. The van der Waals surface area contributed by atoms with Crippen LogP contribution in [0.4, 0.5) is 0 Å². The first-order valence-corrected chi connectivity index (χ1v) is 8.49. The van der Waals surface area contributed by atoms with E-state index in [9.17, 15) is 9.59 Å². The molecule has 25 heavy (non-hydrogen) atoms. The molecule has 0 bridgehead atoms. The van der Waals surface area contributed by atoms with E-state index in [1.165, 1.54) is 0 Å². The van der Waals surface area contributed by atoms with Gasteiger partial charge in [0.05, 0.1) is 12.5 Å². The second-order valence-electron chi connectivity index (χ2n) is 6.03. The molecule has 0 saturated heterocycles. The molecule has 0 aliphatic rings. The predicted molar refractivity (Wildman–Crippen MR) is 97.3 cm³/mol. The molecule has 1 unspecified atom stereocenters. The summed E-state index contributed by atoms with van der Waals surface area (Å²) in [6, 6.07) is 13.6. The van der Waals surface area contributed by atoms with Crippen LogP contribution in [0, 0.1) is 0 Å². The van der Waals surface area contributed by atoms with Crippen LogP contribution in [-0.2, 0) is 9.53 Å². The number of benzene rings is 2. The molecule has 0 radical (unpaired) electrons. The van der Waals surface area contributed by atoms with Gasteiger partial charge < -0.3 is 9.47 Å². The molecule has 0 aliphatic carbocycles. The van der Waals surface area contributed by atoms with E-state index < -0.39 is 0 Å². The van der Waals surface area contributed by atoms with Crippen molar-refractivity contribution in [2.24, 2.45) is 0 Å². The number of ether oxygens (including phenoxy) is 2. The van der Waals surface area contributed by atoms with Crippen molar-refractivity contribution >= 4 is 23.4 Å². The van der Waals surface area contributed by atoms with Crippen molar-refractivity contribution in [1.82, 2.24) is 0 Å². The van der Waals surface area contributed by atoms with Gasteiger partial charge in [-0.15, -0.1) is 0 Å². The van der Waals surface area contributed by atoms with Crippen LogP contribution in [-0.4, -0.2) is 24.0 Å². The Hall–Kier alpha value is -2.33. The summed E-state index contributed by atoms with van der Waals surface area (Å²) in [6.45, 7) is 5.41. The average Bonchev–Trinajstić information content (AvgIpc) is 2.54. The highest BCUT2D eigenvalue weighted by Gasteiger charge is 2.14. The normalized spacial score (nSPS) is 11.9. The Morgan fingerprint density at radius 3 is 1.96 bits per heavy atom. The van der Waals surface area contributed by atoms with Gasteiger partial charge in [-0.3, -0.25) is 9.59 Å². The minimum Gasteiger partial charge on any atom is -0.490 e. The molecular weight excluding hydrogens is 340 g/mol. The largest absolute Gasteiger partial charge is 0.490 e. The topological polar surface area (TPSA) is 52.6 Å². The van der Waals surface area contributed by atoms with E-state index in [1.54, 1.807) is 69.3 Å². The molecule has 0 spiro atoms. The lowest BCUT2D eigenvalue weighted by molar-refractivity contribution is -0.149. The van der Waals surface area contributed by atoms with Crippen LogP contribution in [0.5, 0.6) is 5.75 Å². The summed E-state index contributed by atoms with van der Waals surface area (Å²) in [7, 11) is 0. The van der Waals surface area contributed by atoms with Crippen molar-refractivity contribution in [3.05, 3.63) is 64.7 Å². The lowest BCUT2D eigenvalue weighted by Crippen LogP contribution is -2.21. The summed E-state index contributed by atoms with van der Waals surface area (Å²) in [5.74, 6) is 0.214. The highest BCUT2D eigenvalue weighted by Crippen LogP contribution is 2.18. The molecule has 2 aromatic carbocycles. The summed E-state index contributed by atoms with van der Waals surface area (Å²) in [5.41, 5.74) is 1.13. The maximum atomic E-state index is 12.4. The fraction of sp³-hybridized carbons (Fsp3) is 0.300. The second kappa shape index (κ2) is 8.67. The Balaban J connectivity index is 1.96. The van der Waals surface area contributed by atoms with Crippen LogP contribution < -0.4 is 4.74 Å². The van der Waals surface area contributed by atoms with Crippen molar-refractivity contribution in [3.63, 3.8) is 0 Å². The highest BCUT2D eigenvalue weighted by atomic mass is 35.5. The smallest absolute Gasteiger partial charge is 0.309 e. The summed E-state index contributed by atoms with van der Waals surface area (Å²) in [4.78, 5) is 24.0. The van der Waals surface area contributed by atoms with Gasteiger partial charge >= 0.3 is 5.97 Å². The number of hydrogen-bond acceptors (Lipinski definition) is 4. The SMILES string of the molecule is CC(C)OC(=O)CC(C)Oc1ccc(C(=O)c2ccc(Cl)cc2)cc1. The minimum atomic E-state index is -0.316. The Kier molecular flexibility index (Phi) is 6.59. The Morgan fingerprint density at radius 2 is 1.44 bits per heavy atom. The first-order valence-electron chi connectivity index (χ1n) is 8.11. The third-order valence-electron chi connectivity index (χ3n) is 3.38. The standard InChI is InChI=1S/C20H21ClO4/c1-13(2)24-19(22)12-14(3)25-18-10-6-16(7-11-18)20(23)15-4-8-17(21)9-5-15/h4-11,13-14H,12H2,1-3H3. The molecule has 0 aliphatic heterocycles. The van der Waals surface area contributed by atoms with Crippen molar-refractivity contribution in [2.45, 2.75) is 39.4 Å². The van der Waals surface area contributed by atoms with Gasteiger partial charge in [0.25, 0.3) is 0 Å². The van der Waals surface area contributed by atoms with Crippen molar-refractivity contribution in [2.75, 3.05) is 0 Å². The van der Waals surface area contributed by atoms with E-state index in [0.29, 0.717) is 21.9 Å². The van der Waals surface area contributed by atoms with Crippen LogP contribution in [0.3, 0.4) is 0 Å². The molecule has 0 heterocycles. The van der Waals surface area contributed by atoms with Gasteiger partial charge in [-0.1, -0.05) is 11.6 Å².